The summed E-state index contributed by atoms with van der Waals surface area (Å²) in [4.78, 5) is 0. The van der Waals surface area contributed by atoms with Crippen molar-refractivity contribution in [2.24, 2.45) is 0 Å². The summed E-state index contributed by atoms with van der Waals surface area (Å²) in [7, 11) is 1.67. The highest BCUT2D eigenvalue weighted by molar-refractivity contribution is 4.66. The Bertz CT molecular complexity index is 125. The van der Waals surface area contributed by atoms with Gasteiger partial charge in [-0.1, -0.05) is 0 Å². The summed E-state index contributed by atoms with van der Waals surface area (Å²) in [6.45, 7) is 5.41. The van der Waals surface area contributed by atoms with Crippen LogP contribution in [0.1, 0.15) is 6.92 Å². The summed E-state index contributed by atoms with van der Waals surface area (Å²) in [5, 5.41) is 0. The van der Waals surface area contributed by atoms with Gasteiger partial charge in [0, 0.05) is 7.11 Å². The second-order valence-electron chi connectivity index (χ2n) is 3.17. The number of hydrogen-bond donors (Lipinski definition) is 0. The molecule has 1 aliphatic rings. The van der Waals surface area contributed by atoms with E-state index in [2.05, 4.69) is 0 Å². The summed E-state index contributed by atoms with van der Waals surface area (Å²) >= 11 is 0. The molecule has 0 amide bonds. The topological polar surface area (TPSA) is 40.2 Å². The third kappa shape index (κ3) is 5.99. The first-order valence-corrected chi connectivity index (χ1v) is 4.63. The second kappa shape index (κ2) is 6.32. The summed E-state index contributed by atoms with van der Waals surface area (Å²) < 4.78 is 20.6. The van der Waals surface area contributed by atoms with Crippen LogP contribution < -0.4 is 0 Å². The second-order valence-corrected chi connectivity index (χ2v) is 3.17. The van der Waals surface area contributed by atoms with Gasteiger partial charge in [0.05, 0.1) is 39.1 Å². The van der Waals surface area contributed by atoms with E-state index in [9.17, 15) is 0 Å². The number of hydrogen-bond acceptors (Lipinski definition) is 4. The van der Waals surface area contributed by atoms with Gasteiger partial charge in [-0.15, -0.1) is 0 Å². The molecule has 1 fully saturated rings. The fraction of sp³-hybridized carbons (Fsp3) is 1.00. The van der Waals surface area contributed by atoms with Crippen LogP contribution in [0, 0.1) is 0 Å². The van der Waals surface area contributed by atoms with Crippen LogP contribution in [0.2, 0.25) is 0 Å². The Balaban J connectivity index is 1.76. The van der Waals surface area contributed by atoms with Crippen molar-refractivity contribution < 1.29 is 18.9 Å². The summed E-state index contributed by atoms with van der Waals surface area (Å²) in [6, 6.07) is 0. The van der Waals surface area contributed by atoms with Crippen LogP contribution in [0.15, 0.2) is 0 Å². The van der Waals surface area contributed by atoms with Crippen LogP contribution in [0.5, 0.6) is 0 Å². The van der Waals surface area contributed by atoms with Gasteiger partial charge in [0.2, 0.25) is 0 Å². The fourth-order valence-electron chi connectivity index (χ4n) is 0.970. The van der Waals surface area contributed by atoms with Crippen molar-refractivity contribution in [1.82, 2.24) is 0 Å². The first-order valence-electron chi connectivity index (χ1n) is 4.63. The van der Waals surface area contributed by atoms with Gasteiger partial charge in [-0.3, -0.25) is 0 Å². The summed E-state index contributed by atoms with van der Waals surface area (Å²) in [5.41, 5.74) is 0. The Morgan fingerprint density at radius 3 is 2.85 bits per heavy atom. The zero-order valence-corrected chi connectivity index (χ0v) is 8.32. The third-order valence-corrected chi connectivity index (χ3v) is 1.74. The van der Waals surface area contributed by atoms with Crippen LogP contribution in [0.3, 0.4) is 0 Å². The van der Waals surface area contributed by atoms with Crippen molar-refractivity contribution in [2.45, 2.75) is 19.1 Å². The molecule has 0 spiro atoms. The molecule has 0 N–H and O–H groups in total. The number of rotatable bonds is 8. The Labute approximate surface area is 79.1 Å². The van der Waals surface area contributed by atoms with Gasteiger partial charge in [-0.2, -0.15) is 0 Å². The lowest BCUT2D eigenvalue weighted by molar-refractivity contribution is -0.0213. The van der Waals surface area contributed by atoms with Crippen molar-refractivity contribution in [1.29, 1.82) is 0 Å². The van der Waals surface area contributed by atoms with E-state index in [1.54, 1.807) is 7.11 Å². The van der Waals surface area contributed by atoms with E-state index < -0.39 is 0 Å². The molecule has 0 aliphatic carbocycles. The molecule has 4 nitrogen and oxygen atoms in total. The van der Waals surface area contributed by atoms with E-state index in [1.807, 2.05) is 6.92 Å². The lowest BCUT2D eigenvalue weighted by atomic mass is 10.4. The smallest absolute Gasteiger partial charge is 0.104 e. The molecule has 1 aliphatic heterocycles. The molecule has 1 rings (SSSR count). The fourth-order valence-corrected chi connectivity index (χ4v) is 0.970. The van der Waals surface area contributed by atoms with Crippen molar-refractivity contribution in [3.63, 3.8) is 0 Å². The zero-order chi connectivity index (χ0) is 9.52. The predicted octanol–water partition coefficient (Wildman–Crippen LogP) is 0.453. The maximum Gasteiger partial charge on any atom is 0.104 e. The molecule has 0 radical (unpaired) electrons. The first-order chi connectivity index (χ1) is 6.33. The molecular formula is C9H18O4. The van der Waals surface area contributed by atoms with Crippen LogP contribution in [0.25, 0.3) is 0 Å². The average molecular weight is 190 g/mol. The first kappa shape index (κ1) is 10.9. The van der Waals surface area contributed by atoms with E-state index in [1.165, 1.54) is 0 Å². The SMILES string of the molecule is COCC(C)OCCOCC1CO1. The van der Waals surface area contributed by atoms with Crippen molar-refractivity contribution in [3.05, 3.63) is 0 Å². The number of methoxy groups -OCH3 is 1. The zero-order valence-electron chi connectivity index (χ0n) is 8.32. The van der Waals surface area contributed by atoms with Gasteiger partial charge in [-0.25, -0.2) is 0 Å². The molecule has 78 valence electrons. The number of epoxide rings is 1. The standard InChI is InChI=1S/C9H18O4/c1-8(5-10-2)12-4-3-11-6-9-7-13-9/h8-9H,3-7H2,1-2H3. The Morgan fingerprint density at radius 2 is 2.23 bits per heavy atom. The van der Waals surface area contributed by atoms with Gasteiger partial charge in [0.15, 0.2) is 0 Å². The van der Waals surface area contributed by atoms with E-state index in [0.717, 1.165) is 6.61 Å². The summed E-state index contributed by atoms with van der Waals surface area (Å²) in [5.74, 6) is 0. The van der Waals surface area contributed by atoms with Crippen molar-refractivity contribution in [3.8, 4) is 0 Å². The normalized spacial score (nSPS) is 23.1. The summed E-state index contributed by atoms with van der Waals surface area (Å²) in [6.07, 6.45) is 0.488. The molecule has 13 heavy (non-hydrogen) atoms. The molecule has 0 aromatic carbocycles. The molecule has 0 aromatic heterocycles. The van der Waals surface area contributed by atoms with Gasteiger partial charge in [-0.05, 0) is 6.92 Å². The lowest BCUT2D eigenvalue weighted by Gasteiger charge is -2.11. The largest absolute Gasteiger partial charge is 0.382 e. The van der Waals surface area contributed by atoms with Gasteiger partial charge >= 0.3 is 0 Å². The molecule has 0 bridgehead atoms. The minimum Gasteiger partial charge on any atom is -0.382 e. The van der Waals surface area contributed by atoms with Gasteiger partial charge < -0.3 is 18.9 Å². The molecule has 1 heterocycles. The average Bonchev–Trinajstić information content (AvgIpc) is 2.88. The molecule has 0 aromatic rings. The highest BCUT2D eigenvalue weighted by atomic mass is 16.6. The Kier molecular flexibility index (Phi) is 5.31. The van der Waals surface area contributed by atoms with Crippen molar-refractivity contribution >= 4 is 0 Å². The molecule has 2 atom stereocenters. The minimum absolute atomic E-state index is 0.144. The van der Waals surface area contributed by atoms with Crippen LogP contribution in [0.4, 0.5) is 0 Å². The van der Waals surface area contributed by atoms with Crippen LogP contribution >= 0.6 is 0 Å². The lowest BCUT2D eigenvalue weighted by Crippen LogP contribution is -2.18. The quantitative estimate of drug-likeness (QED) is 0.411. The molecule has 1 saturated heterocycles. The highest BCUT2D eigenvalue weighted by Crippen LogP contribution is 2.08. The molecule has 0 saturated carbocycles. The highest BCUT2D eigenvalue weighted by Gasteiger charge is 2.21. The van der Waals surface area contributed by atoms with E-state index >= 15 is 0 Å². The Morgan fingerprint density at radius 1 is 1.46 bits per heavy atom. The maximum absolute atomic E-state index is 5.39. The molecule has 2 unspecified atom stereocenters. The Hall–Kier alpha value is -0.160. The van der Waals surface area contributed by atoms with Gasteiger partial charge in [0.1, 0.15) is 6.10 Å². The monoisotopic (exact) mass is 190 g/mol. The third-order valence-electron chi connectivity index (χ3n) is 1.74. The maximum atomic E-state index is 5.39. The minimum atomic E-state index is 0.144. The van der Waals surface area contributed by atoms with E-state index in [-0.39, 0.29) is 6.10 Å². The molecular weight excluding hydrogens is 172 g/mol. The van der Waals surface area contributed by atoms with Crippen molar-refractivity contribution in [2.75, 3.05) is 40.1 Å². The van der Waals surface area contributed by atoms with Crippen LogP contribution in [-0.4, -0.2) is 52.4 Å². The van der Waals surface area contributed by atoms with Crippen LogP contribution in [-0.2, 0) is 18.9 Å². The van der Waals surface area contributed by atoms with Gasteiger partial charge in [0.25, 0.3) is 0 Å². The van der Waals surface area contributed by atoms with E-state index in [0.29, 0.717) is 32.5 Å². The molecule has 4 heteroatoms. The van der Waals surface area contributed by atoms with E-state index in [4.69, 9.17) is 18.9 Å². The number of ether oxygens (including phenoxy) is 4. The predicted molar refractivity (Wildman–Crippen MR) is 47.8 cm³/mol.